The first-order valence-electron chi connectivity index (χ1n) is 5.64. The molecule has 1 N–H and O–H groups in total. The standard InChI is InChI=1S/C14H11BrCl2FN/c1-8(11-4-2-9(16)6-13(11)17)19-14-5-3-10(18)7-12(14)15/h2-8,19H,1H3. The van der Waals surface area contributed by atoms with Crippen molar-refractivity contribution in [3.05, 3.63) is 62.3 Å². The number of benzene rings is 2. The molecule has 0 aliphatic rings. The topological polar surface area (TPSA) is 12.0 Å². The van der Waals surface area contributed by atoms with E-state index in [9.17, 15) is 4.39 Å². The Morgan fingerprint density at radius 1 is 1.16 bits per heavy atom. The van der Waals surface area contributed by atoms with E-state index in [1.165, 1.54) is 12.1 Å². The van der Waals surface area contributed by atoms with Crippen LogP contribution in [0.25, 0.3) is 0 Å². The molecule has 1 nitrogen and oxygen atoms in total. The maximum absolute atomic E-state index is 13.0. The zero-order chi connectivity index (χ0) is 14.0. The van der Waals surface area contributed by atoms with Crippen LogP contribution in [0.5, 0.6) is 0 Å². The smallest absolute Gasteiger partial charge is 0.124 e. The molecule has 0 aliphatic carbocycles. The van der Waals surface area contributed by atoms with Crippen LogP contribution in [0, 0.1) is 5.82 Å². The quantitative estimate of drug-likeness (QED) is 0.698. The Bertz CT molecular complexity index is 604. The van der Waals surface area contributed by atoms with E-state index in [2.05, 4.69) is 21.2 Å². The van der Waals surface area contributed by atoms with Crippen molar-refractivity contribution in [2.45, 2.75) is 13.0 Å². The monoisotopic (exact) mass is 361 g/mol. The van der Waals surface area contributed by atoms with Crippen molar-refractivity contribution in [2.75, 3.05) is 5.32 Å². The second-order valence-corrected chi connectivity index (χ2v) is 5.85. The summed E-state index contributed by atoms with van der Waals surface area (Å²) in [5.74, 6) is -0.283. The van der Waals surface area contributed by atoms with E-state index in [0.29, 0.717) is 14.5 Å². The zero-order valence-electron chi connectivity index (χ0n) is 10.1. The van der Waals surface area contributed by atoms with Crippen molar-refractivity contribution in [1.82, 2.24) is 0 Å². The first-order chi connectivity index (χ1) is 8.97. The summed E-state index contributed by atoms with van der Waals surface area (Å²) < 4.78 is 13.7. The largest absolute Gasteiger partial charge is 0.378 e. The molecule has 5 heteroatoms. The summed E-state index contributed by atoms with van der Waals surface area (Å²) in [4.78, 5) is 0. The predicted octanol–water partition coefficient (Wildman–Crippen LogP) is 6.07. The van der Waals surface area contributed by atoms with Gasteiger partial charge in [0.2, 0.25) is 0 Å². The number of nitrogens with one attached hydrogen (secondary N) is 1. The molecule has 2 aromatic carbocycles. The molecule has 2 aromatic rings. The van der Waals surface area contributed by atoms with Crippen molar-refractivity contribution >= 4 is 44.8 Å². The Hall–Kier alpha value is -0.770. The average molecular weight is 363 g/mol. The van der Waals surface area contributed by atoms with Gasteiger partial charge < -0.3 is 5.32 Å². The third-order valence-electron chi connectivity index (χ3n) is 2.73. The SMILES string of the molecule is CC(Nc1ccc(F)cc1Br)c1ccc(Cl)cc1Cl. The van der Waals surface area contributed by atoms with Gasteiger partial charge in [-0.25, -0.2) is 4.39 Å². The first-order valence-corrected chi connectivity index (χ1v) is 7.19. The molecule has 0 aromatic heterocycles. The number of anilines is 1. The number of hydrogen-bond acceptors (Lipinski definition) is 1. The summed E-state index contributed by atoms with van der Waals surface area (Å²) in [6.45, 7) is 1.98. The van der Waals surface area contributed by atoms with Crippen molar-refractivity contribution in [3.8, 4) is 0 Å². The highest BCUT2D eigenvalue weighted by Crippen LogP contribution is 2.31. The van der Waals surface area contributed by atoms with E-state index in [1.807, 2.05) is 13.0 Å². The molecule has 1 unspecified atom stereocenters. The average Bonchev–Trinajstić information content (AvgIpc) is 2.32. The molecule has 0 radical (unpaired) electrons. The molecule has 0 saturated carbocycles. The number of hydrogen-bond donors (Lipinski definition) is 1. The van der Waals surface area contributed by atoms with Crippen molar-refractivity contribution in [3.63, 3.8) is 0 Å². The fourth-order valence-corrected chi connectivity index (χ4v) is 2.81. The zero-order valence-corrected chi connectivity index (χ0v) is 13.2. The van der Waals surface area contributed by atoms with Gasteiger partial charge in [-0.1, -0.05) is 29.3 Å². The Kier molecular flexibility index (Phi) is 4.71. The number of halogens is 4. The minimum Gasteiger partial charge on any atom is -0.378 e. The molecule has 0 heterocycles. The molecule has 0 spiro atoms. The van der Waals surface area contributed by atoms with Crippen LogP contribution >= 0.6 is 39.1 Å². The van der Waals surface area contributed by atoms with Gasteiger partial charge in [0.25, 0.3) is 0 Å². The van der Waals surface area contributed by atoms with Gasteiger partial charge >= 0.3 is 0 Å². The van der Waals surface area contributed by atoms with Gasteiger partial charge in [-0.2, -0.15) is 0 Å². The number of rotatable bonds is 3. The van der Waals surface area contributed by atoms with Crippen molar-refractivity contribution in [2.24, 2.45) is 0 Å². The van der Waals surface area contributed by atoms with E-state index in [-0.39, 0.29) is 11.9 Å². The van der Waals surface area contributed by atoms with E-state index in [4.69, 9.17) is 23.2 Å². The highest BCUT2D eigenvalue weighted by Gasteiger charge is 2.11. The molecule has 1 atom stereocenters. The maximum atomic E-state index is 13.0. The molecular weight excluding hydrogens is 352 g/mol. The first kappa shape index (κ1) is 14.6. The summed E-state index contributed by atoms with van der Waals surface area (Å²) in [5, 5.41) is 4.48. The maximum Gasteiger partial charge on any atom is 0.124 e. The second kappa shape index (κ2) is 6.12. The van der Waals surface area contributed by atoms with Crippen molar-refractivity contribution in [1.29, 1.82) is 0 Å². The van der Waals surface area contributed by atoms with Crippen LogP contribution in [0.2, 0.25) is 10.0 Å². The lowest BCUT2D eigenvalue weighted by atomic mass is 10.1. The van der Waals surface area contributed by atoms with Crippen molar-refractivity contribution < 1.29 is 4.39 Å². The van der Waals surface area contributed by atoms with Gasteiger partial charge in [0.05, 0.1) is 6.04 Å². The van der Waals surface area contributed by atoms with Crippen LogP contribution in [0.1, 0.15) is 18.5 Å². The molecular formula is C14H11BrCl2FN. The van der Waals surface area contributed by atoms with E-state index < -0.39 is 0 Å². The Morgan fingerprint density at radius 3 is 2.53 bits per heavy atom. The molecule has 0 fully saturated rings. The highest BCUT2D eigenvalue weighted by molar-refractivity contribution is 9.10. The Labute approximate surface area is 129 Å². The van der Waals surface area contributed by atoms with E-state index >= 15 is 0 Å². The summed E-state index contributed by atoms with van der Waals surface area (Å²) in [6.07, 6.45) is 0. The van der Waals surface area contributed by atoms with Gasteiger partial charge in [-0.15, -0.1) is 0 Å². The van der Waals surface area contributed by atoms with E-state index in [1.54, 1.807) is 18.2 Å². The van der Waals surface area contributed by atoms with Gasteiger partial charge in [-0.3, -0.25) is 0 Å². The lowest BCUT2D eigenvalue weighted by Crippen LogP contribution is -2.07. The van der Waals surface area contributed by atoms with Crippen LogP contribution < -0.4 is 5.32 Å². The highest BCUT2D eigenvalue weighted by atomic mass is 79.9. The summed E-state index contributed by atoms with van der Waals surface area (Å²) >= 11 is 15.4. The van der Waals surface area contributed by atoms with Crippen LogP contribution in [-0.4, -0.2) is 0 Å². The molecule has 19 heavy (non-hydrogen) atoms. The molecule has 0 bridgehead atoms. The fourth-order valence-electron chi connectivity index (χ4n) is 1.77. The normalized spacial score (nSPS) is 12.3. The molecule has 0 aliphatic heterocycles. The second-order valence-electron chi connectivity index (χ2n) is 4.16. The minimum atomic E-state index is -0.283. The molecule has 0 amide bonds. The summed E-state index contributed by atoms with van der Waals surface area (Å²) in [6, 6.07) is 9.85. The Balaban J connectivity index is 2.23. The third-order valence-corrected chi connectivity index (χ3v) is 3.95. The van der Waals surface area contributed by atoms with Crippen LogP contribution in [0.4, 0.5) is 10.1 Å². The molecule has 100 valence electrons. The van der Waals surface area contributed by atoms with Gasteiger partial charge in [0, 0.05) is 20.2 Å². The van der Waals surface area contributed by atoms with Gasteiger partial charge in [-0.05, 0) is 58.7 Å². The molecule has 2 rings (SSSR count). The Morgan fingerprint density at radius 2 is 1.89 bits per heavy atom. The lowest BCUT2D eigenvalue weighted by Gasteiger charge is -2.18. The minimum absolute atomic E-state index is 0.0217. The molecule has 0 saturated heterocycles. The van der Waals surface area contributed by atoms with Gasteiger partial charge in [0.1, 0.15) is 5.82 Å². The predicted molar refractivity (Wildman–Crippen MR) is 82.6 cm³/mol. The van der Waals surface area contributed by atoms with Crippen LogP contribution in [0.15, 0.2) is 40.9 Å². The summed E-state index contributed by atoms with van der Waals surface area (Å²) in [7, 11) is 0. The van der Waals surface area contributed by atoms with Crippen LogP contribution in [0.3, 0.4) is 0 Å². The fraction of sp³-hybridized carbons (Fsp3) is 0.143. The van der Waals surface area contributed by atoms with E-state index in [0.717, 1.165) is 11.3 Å². The lowest BCUT2D eigenvalue weighted by molar-refractivity contribution is 0.627. The van der Waals surface area contributed by atoms with Crippen LogP contribution in [-0.2, 0) is 0 Å². The summed E-state index contributed by atoms with van der Waals surface area (Å²) in [5.41, 5.74) is 1.74. The third kappa shape index (κ3) is 3.62. The van der Waals surface area contributed by atoms with Gasteiger partial charge in [0.15, 0.2) is 0 Å².